The molecule has 3 heterocycles. The molecular weight excluding hydrogens is 426 g/mol. The van der Waals surface area contributed by atoms with Crippen LogP contribution >= 0.6 is 11.6 Å². The molecule has 2 aromatic heterocycles. The predicted molar refractivity (Wildman–Crippen MR) is 115 cm³/mol. The molecule has 2 N–H and O–H groups in total. The quantitative estimate of drug-likeness (QED) is 0.614. The summed E-state index contributed by atoms with van der Waals surface area (Å²) < 4.78 is 21.8. The highest BCUT2D eigenvalue weighted by atomic mass is 35.5. The van der Waals surface area contributed by atoms with Gasteiger partial charge in [0.25, 0.3) is 0 Å². The van der Waals surface area contributed by atoms with E-state index in [9.17, 15) is 4.79 Å². The number of anilines is 1. The van der Waals surface area contributed by atoms with Crippen molar-refractivity contribution < 1.29 is 23.4 Å². The van der Waals surface area contributed by atoms with Gasteiger partial charge in [0.2, 0.25) is 11.6 Å². The Hall–Kier alpha value is -3.24. The number of benzene rings is 1. The summed E-state index contributed by atoms with van der Waals surface area (Å²) in [4.78, 5) is 23.6. The number of ether oxygens (including phenoxy) is 3. The molecule has 4 rings (SSSR count). The predicted octanol–water partition coefficient (Wildman–Crippen LogP) is 3.01. The van der Waals surface area contributed by atoms with Crippen LogP contribution in [0.3, 0.4) is 0 Å². The SMILES string of the molecule is COc1cc(NC(=O)N2CCNCC2)c(-c2nc3cc(Cl)oc3nc2OC)c(OC)c1. The standard InChI is InChI=1S/C20H22ClN5O5/c1-28-11-8-12(24-20(27)26-6-4-22-5-7-26)16(14(9-11)29-2)17-19(30-3)25-18-13(23-17)10-15(21)31-18/h8-10,22H,4-7H2,1-3H3,(H,24,27). The molecule has 2 amide bonds. The Morgan fingerprint density at radius 3 is 2.58 bits per heavy atom. The van der Waals surface area contributed by atoms with Gasteiger partial charge < -0.3 is 34.2 Å². The van der Waals surface area contributed by atoms with E-state index in [2.05, 4.69) is 20.6 Å². The first kappa shape index (κ1) is 21.0. The number of nitrogens with zero attached hydrogens (tertiary/aromatic N) is 3. The highest BCUT2D eigenvalue weighted by Crippen LogP contribution is 2.43. The molecule has 0 bridgehead atoms. The third-order valence-electron chi connectivity index (χ3n) is 4.91. The van der Waals surface area contributed by atoms with Gasteiger partial charge in [0, 0.05) is 44.4 Å². The number of amides is 2. The van der Waals surface area contributed by atoms with Crippen molar-refractivity contribution in [3.05, 3.63) is 23.4 Å². The zero-order valence-electron chi connectivity index (χ0n) is 17.3. The van der Waals surface area contributed by atoms with Gasteiger partial charge in [-0.05, 0) is 11.6 Å². The van der Waals surface area contributed by atoms with Crippen molar-refractivity contribution in [3.8, 4) is 28.6 Å². The van der Waals surface area contributed by atoms with Gasteiger partial charge in [0.05, 0.1) is 32.6 Å². The summed E-state index contributed by atoms with van der Waals surface area (Å²) in [7, 11) is 4.53. The van der Waals surface area contributed by atoms with Gasteiger partial charge >= 0.3 is 6.03 Å². The Kier molecular flexibility index (Phi) is 6.01. The third kappa shape index (κ3) is 4.17. The van der Waals surface area contributed by atoms with E-state index >= 15 is 0 Å². The molecule has 11 heteroatoms. The van der Waals surface area contributed by atoms with Gasteiger partial charge in [-0.3, -0.25) is 0 Å². The molecule has 1 aliphatic rings. The lowest BCUT2D eigenvalue weighted by molar-refractivity contribution is 0.204. The normalized spacial score (nSPS) is 13.9. The van der Waals surface area contributed by atoms with Crippen molar-refractivity contribution in [1.29, 1.82) is 0 Å². The molecule has 1 fully saturated rings. The van der Waals surface area contributed by atoms with Crippen LogP contribution in [-0.2, 0) is 0 Å². The third-order valence-corrected chi connectivity index (χ3v) is 5.09. The van der Waals surface area contributed by atoms with E-state index < -0.39 is 0 Å². The number of methoxy groups -OCH3 is 3. The van der Waals surface area contributed by atoms with E-state index in [1.807, 2.05) is 0 Å². The summed E-state index contributed by atoms with van der Waals surface area (Å²) in [6, 6.07) is 4.72. The molecule has 0 spiro atoms. The number of rotatable bonds is 5. The average Bonchev–Trinajstić information content (AvgIpc) is 3.16. The van der Waals surface area contributed by atoms with Crippen molar-refractivity contribution in [2.45, 2.75) is 0 Å². The summed E-state index contributed by atoms with van der Waals surface area (Å²) in [5, 5.41) is 6.34. The minimum Gasteiger partial charge on any atom is -0.497 e. The highest BCUT2D eigenvalue weighted by Gasteiger charge is 2.25. The average molecular weight is 448 g/mol. The molecule has 0 atom stereocenters. The van der Waals surface area contributed by atoms with E-state index in [0.29, 0.717) is 47.1 Å². The van der Waals surface area contributed by atoms with Crippen molar-refractivity contribution in [2.24, 2.45) is 0 Å². The van der Waals surface area contributed by atoms with Gasteiger partial charge in [-0.1, -0.05) is 0 Å². The van der Waals surface area contributed by atoms with Crippen molar-refractivity contribution in [2.75, 3.05) is 52.8 Å². The van der Waals surface area contributed by atoms with Gasteiger partial charge in [0.1, 0.15) is 22.7 Å². The molecule has 3 aromatic rings. The zero-order chi connectivity index (χ0) is 22.0. The number of piperazine rings is 1. The maximum absolute atomic E-state index is 12.9. The van der Waals surface area contributed by atoms with Gasteiger partial charge in [0.15, 0.2) is 5.22 Å². The molecule has 31 heavy (non-hydrogen) atoms. The second kappa shape index (κ2) is 8.86. The number of fused-ring (bicyclic) bond motifs is 1. The van der Waals surface area contributed by atoms with Crippen molar-refractivity contribution in [3.63, 3.8) is 0 Å². The lowest BCUT2D eigenvalue weighted by atomic mass is 10.1. The van der Waals surface area contributed by atoms with Gasteiger partial charge in [-0.15, -0.1) is 0 Å². The molecule has 10 nitrogen and oxygen atoms in total. The Morgan fingerprint density at radius 1 is 1.13 bits per heavy atom. The van der Waals surface area contributed by atoms with E-state index in [-0.39, 0.29) is 22.8 Å². The summed E-state index contributed by atoms with van der Waals surface area (Å²) in [6.07, 6.45) is 0. The summed E-state index contributed by atoms with van der Waals surface area (Å²) in [6.45, 7) is 2.67. The molecule has 0 radical (unpaired) electrons. The van der Waals surface area contributed by atoms with Crippen LogP contribution in [0.2, 0.25) is 5.22 Å². The molecular formula is C20H22ClN5O5. The summed E-state index contributed by atoms with van der Waals surface area (Å²) in [5.74, 6) is 1.13. The number of hydrogen-bond donors (Lipinski definition) is 2. The number of hydrogen-bond acceptors (Lipinski definition) is 8. The first-order valence-electron chi connectivity index (χ1n) is 9.58. The van der Waals surface area contributed by atoms with Crippen LogP contribution in [0.5, 0.6) is 17.4 Å². The number of aromatic nitrogens is 2. The molecule has 1 saturated heterocycles. The number of carbonyl (C=O) groups excluding carboxylic acids is 1. The molecule has 164 valence electrons. The second-order valence-corrected chi connectivity index (χ2v) is 7.11. The van der Waals surface area contributed by atoms with Gasteiger partial charge in [-0.2, -0.15) is 4.98 Å². The van der Waals surface area contributed by atoms with Crippen LogP contribution < -0.4 is 24.8 Å². The maximum atomic E-state index is 12.9. The summed E-state index contributed by atoms with van der Waals surface area (Å²) >= 11 is 5.96. The number of carbonyl (C=O) groups is 1. The monoisotopic (exact) mass is 447 g/mol. The number of halogens is 1. The number of urea groups is 1. The van der Waals surface area contributed by atoms with Crippen LogP contribution in [0.4, 0.5) is 10.5 Å². The fourth-order valence-electron chi connectivity index (χ4n) is 3.40. The Morgan fingerprint density at radius 2 is 1.90 bits per heavy atom. The van der Waals surface area contributed by atoms with Crippen molar-refractivity contribution in [1.82, 2.24) is 20.2 Å². The Labute approximate surface area is 183 Å². The minimum atomic E-state index is -0.239. The second-order valence-electron chi connectivity index (χ2n) is 6.74. The molecule has 0 aliphatic carbocycles. The number of furan rings is 1. The Balaban J connectivity index is 1.86. The molecule has 1 aromatic carbocycles. The molecule has 0 saturated carbocycles. The largest absolute Gasteiger partial charge is 0.497 e. The van der Waals surface area contributed by atoms with Crippen LogP contribution in [0.15, 0.2) is 22.6 Å². The summed E-state index contributed by atoms with van der Waals surface area (Å²) in [5.41, 5.74) is 1.99. The van der Waals surface area contributed by atoms with E-state index in [4.69, 9.17) is 30.2 Å². The first-order valence-corrected chi connectivity index (χ1v) is 9.96. The highest BCUT2D eigenvalue weighted by molar-refractivity contribution is 6.29. The van der Waals surface area contributed by atoms with Crippen LogP contribution in [-0.4, -0.2) is 68.4 Å². The lowest BCUT2D eigenvalue weighted by Crippen LogP contribution is -2.48. The number of nitrogens with one attached hydrogen (secondary N) is 2. The molecule has 0 unspecified atom stereocenters. The van der Waals surface area contributed by atoms with Crippen molar-refractivity contribution >= 4 is 34.5 Å². The van der Waals surface area contributed by atoms with Crippen LogP contribution in [0.25, 0.3) is 22.5 Å². The fraction of sp³-hybridized carbons (Fsp3) is 0.350. The van der Waals surface area contributed by atoms with Gasteiger partial charge in [-0.25, -0.2) is 9.78 Å². The van der Waals surface area contributed by atoms with E-state index in [0.717, 1.165) is 13.1 Å². The smallest absolute Gasteiger partial charge is 0.321 e. The minimum absolute atomic E-state index is 0.156. The first-order chi connectivity index (χ1) is 15.0. The zero-order valence-corrected chi connectivity index (χ0v) is 18.1. The Bertz CT molecular complexity index is 1110. The van der Waals surface area contributed by atoms with E-state index in [1.54, 1.807) is 23.1 Å². The molecule has 1 aliphatic heterocycles. The maximum Gasteiger partial charge on any atom is 0.321 e. The fourth-order valence-corrected chi connectivity index (χ4v) is 3.57. The van der Waals surface area contributed by atoms with Crippen LogP contribution in [0.1, 0.15) is 0 Å². The van der Waals surface area contributed by atoms with Crippen LogP contribution in [0, 0.1) is 0 Å². The topological polar surface area (TPSA) is 111 Å². The lowest BCUT2D eigenvalue weighted by Gasteiger charge is -2.28. The van der Waals surface area contributed by atoms with E-state index in [1.165, 1.54) is 21.3 Å².